The third-order valence-corrected chi connectivity index (χ3v) is 1.77. The summed E-state index contributed by atoms with van der Waals surface area (Å²) in [6.07, 6.45) is -11.4. The van der Waals surface area contributed by atoms with Gasteiger partial charge in [0.1, 0.15) is 10.4 Å². The number of pyridine rings is 1. The molecule has 1 aliphatic rings. The third-order valence-electron chi connectivity index (χ3n) is 1.39. The number of aromatic nitrogens is 1. The summed E-state index contributed by atoms with van der Waals surface area (Å²) in [5.74, 6) is -1.09. The van der Waals surface area contributed by atoms with E-state index < -0.39 is 67.0 Å². The number of anilines is 1. The summed E-state index contributed by atoms with van der Waals surface area (Å²) in [5, 5.41) is 0. The van der Waals surface area contributed by atoms with E-state index in [4.69, 9.17) is 20.6 Å². The summed E-state index contributed by atoms with van der Waals surface area (Å²) in [5.41, 5.74) is 0. The lowest BCUT2D eigenvalue weighted by Crippen LogP contribution is -2.37. The van der Waals surface area contributed by atoms with Crippen LogP contribution < -0.4 is 4.90 Å². The summed E-state index contributed by atoms with van der Waals surface area (Å²) >= 11 is 2.79. The van der Waals surface area contributed by atoms with Gasteiger partial charge in [0, 0.05) is 27.6 Å². The van der Waals surface area contributed by atoms with Gasteiger partial charge in [0.25, 0.3) is 0 Å². The molecule has 1 aromatic heterocycles. The lowest BCUT2D eigenvalue weighted by atomic mass is 10.0. The molecule has 1 aromatic rings. The number of halogens is 1. The van der Waals surface area contributed by atoms with Gasteiger partial charge in [-0.2, -0.15) is 0 Å². The van der Waals surface area contributed by atoms with Crippen molar-refractivity contribution < 1.29 is 20.6 Å². The molecule has 0 saturated carbocycles. The Balaban J connectivity index is 3.09. The van der Waals surface area contributed by atoms with Crippen LogP contribution in [0.1, 0.15) is 46.5 Å². The monoisotopic (exact) mass is 269 g/mol. The van der Waals surface area contributed by atoms with E-state index in [0.717, 1.165) is 0 Å². The van der Waals surface area contributed by atoms with Gasteiger partial charge in [0.15, 0.2) is 0 Å². The Morgan fingerprint density at radius 3 is 3.57 bits per heavy atom. The van der Waals surface area contributed by atoms with E-state index in [9.17, 15) is 0 Å². The number of nitrogens with zero attached hydrogens (tertiary/aromatic N) is 2. The van der Waals surface area contributed by atoms with E-state index in [-0.39, 0.29) is 4.90 Å². The molecular formula is C11H15BrN2. The Labute approximate surface area is 115 Å². The topological polar surface area (TPSA) is 16.1 Å². The van der Waals surface area contributed by atoms with Crippen LogP contribution >= 0.6 is 15.9 Å². The van der Waals surface area contributed by atoms with E-state index in [0.29, 0.717) is 0 Å². The molecule has 2 nitrogen and oxygen atoms in total. The first-order chi connectivity index (χ1) is 12.6. The van der Waals surface area contributed by atoms with Gasteiger partial charge in [-0.3, -0.25) is 0 Å². The first kappa shape index (κ1) is 2.40. The maximum absolute atomic E-state index is 8.44. The first-order valence-corrected chi connectivity index (χ1v) is 4.35. The van der Waals surface area contributed by atoms with Crippen LogP contribution in [0.4, 0.5) is 5.82 Å². The van der Waals surface area contributed by atoms with Gasteiger partial charge in [0.2, 0.25) is 0 Å². The maximum atomic E-state index is 8.44. The highest BCUT2D eigenvalue weighted by Crippen LogP contribution is 2.23. The van der Waals surface area contributed by atoms with Gasteiger partial charge in [0.05, 0.1) is 5.48 Å². The molecule has 0 amide bonds. The predicted octanol–water partition coefficient (Wildman–Crippen LogP) is 3.22. The molecule has 2 heterocycles. The highest BCUT2D eigenvalue weighted by atomic mass is 79.9. The van der Waals surface area contributed by atoms with Crippen molar-refractivity contribution in [3.63, 3.8) is 0 Å². The second kappa shape index (κ2) is 4.30. The van der Waals surface area contributed by atoms with E-state index in [1.54, 1.807) is 0 Å². The fourth-order valence-corrected chi connectivity index (χ4v) is 1.11. The number of hydrogen-bond acceptors (Lipinski definition) is 2. The zero-order chi connectivity index (χ0) is 23.2. The first-order valence-electron chi connectivity index (χ1n) is 11.1. The lowest BCUT2D eigenvalue weighted by Gasteiger charge is -2.34. The fraction of sp³-hybridized carbons (Fsp3) is 0.545. The maximum Gasteiger partial charge on any atom is 0.130 e. The van der Waals surface area contributed by atoms with Crippen molar-refractivity contribution in [2.24, 2.45) is 0 Å². The minimum absolute atomic E-state index is 0.237. The fourth-order valence-electron chi connectivity index (χ4n) is 0.838. The van der Waals surface area contributed by atoms with Crippen LogP contribution in [-0.2, 0) is 0 Å². The van der Waals surface area contributed by atoms with E-state index >= 15 is 0 Å². The molecule has 0 spiro atoms. The third kappa shape index (κ3) is 2.08. The van der Waals surface area contributed by atoms with Crippen molar-refractivity contribution in [1.82, 2.24) is 4.98 Å². The minimum atomic E-state index is -3.84. The molecule has 1 unspecified atom stereocenters. The van der Waals surface area contributed by atoms with Gasteiger partial charge in [-0.15, -0.1) is 0 Å². The second-order valence-electron chi connectivity index (χ2n) is 2.27. The SMILES string of the molecule is [2H]c1c(Br)nc(N2C([2H])([2H])C([2H])([2H])C([2H])([2H])C([2H])([2H])C2([2H])C([2H])([2H])[2H])c([2H])c1[2H]. The van der Waals surface area contributed by atoms with Crippen molar-refractivity contribution in [1.29, 1.82) is 0 Å². The van der Waals surface area contributed by atoms with Gasteiger partial charge < -0.3 is 4.90 Å². The molecule has 2 rings (SSSR count). The van der Waals surface area contributed by atoms with Crippen molar-refractivity contribution in [2.45, 2.75) is 32.0 Å². The van der Waals surface area contributed by atoms with Crippen molar-refractivity contribution in [3.8, 4) is 0 Å². The molecule has 0 N–H and O–H groups in total. The van der Waals surface area contributed by atoms with Gasteiger partial charge in [-0.1, -0.05) is 6.04 Å². The summed E-state index contributed by atoms with van der Waals surface area (Å²) < 4.78 is 119. The van der Waals surface area contributed by atoms with Crippen LogP contribution in [0.3, 0.4) is 0 Å². The largest absolute Gasteiger partial charge is 0.354 e. The summed E-state index contributed by atoms with van der Waals surface area (Å²) in [6.45, 7) is -7.45. The normalized spacial score (nSPS) is 58.6. The Morgan fingerprint density at radius 2 is 2.71 bits per heavy atom. The van der Waals surface area contributed by atoms with Crippen LogP contribution in [0.5, 0.6) is 0 Å². The predicted molar refractivity (Wildman–Crippen MR) is 62.6 cm³/mol. The van der Waals surface area contributed by atoms with E-state index in [2.05, 4.69) is 20.9 Å². The quantitative estimate of drug-likeness (QED) is 0.728. The summed E-state index contributed by atoms with van der Waals surface area (Å²) in [7, 11) is 0. The summed E-state index contributed by atoms with van der Waals surface area (Å²) in [6, 6.07) is -6.32. The van der Waals surface area contributed by atoms with Gasteiger partial charge in [-0.25, -0.2) is 4.98 Å². The van der Waals surface area contributed by atoms with Crippen molar-refractivity contribution in [3.05, 3.63) is 22.7 Å². The number of rotatable bonds is 1. The molecule has 0 radical (unpaired) electrons. The average molecular weight is 270 g/mol. The zero-order valence-electron chi connectivity index (χ0n) is 21.8. The Kier molecular flexibility index (Phi) is 0.736. The van der Waals surface area contributed by atoms with Crippen LogP contribution in [-0.4, -0.2) is 17.5 Å². The minimum Gasteiger partial charge on any atom is -0.354 e. The summed E-state index contributed by atoms with van der Waals surface area (Å²) in [4.78, 5) is 3.38. The molecule has 1 aliphatic heterocycles. The van der Waals surface area contributed by atoms with Crippen molar-refractivity contribution in [2.75, 3.05) is 11.4 Å². The molecule has 1 saturated heterocycles. The molecule has 3 heteroatoms. The number of piperidine rings is 1. The van der Waals surface area contributed by atoms with Crippen LogP contribution in [0.15, 0.2) is 22.7 Å². The van der Waals surface area contributed by atoms with Crippen LogP contribution in [0.2, 0.25) is 0 Å². The molecule has 0 aliphatic carbocycles. The standard InChI is InChI=1S/C11H15BrN2/c1-9-5-2-3-8-14(9)11-7-4-6-10(12)13-11/h4,6-7,9H,2-3,5,8H2,1H3/i1D3,2D2,3D2,4D,5D2,6D,7D,8D2,9D. The van der Waals surface area contributed by atoms with Gasteiger partial charge >= 0.3 is 0 Å². The van der Waals surface area contributed by atoms with E-state index in [1.165, 1.54) is 0 Å². The Bertz CT molecular complexity index is 850. The van der Waals surface area contributed by atoms with Gasteiger partial charge in [-0.05, 0) is 54.0 Å². The Hall–Kier alpha value is -0.570. The molecule has 0 bridgehead atoms. The average Bonchev–Trinajstić information content (AvgIpc) is 2.54. The molecule has 14 heavy (non-hydrogen) atoms. The van der Waals surface area contributed by atoms with E-state index in [1.807, 2.05) is 0 Å². The highest BCUT2D eigenvalue weighted by molar-refractivity contribution is 9.10. The highest BCUT2D eigenvalue weighted by Gasteiger charge is 2.19. The van der Waals surface area contributed by atoms with Crippen LogP contribution in [0.25, 0.3) is 0 Å². The second-order valence-corrected chi connectivity index (χ2v) is 3.02. The lowest BCUT2D eigenvalue weighted by molar-refractivity contribution is 0.481. The Morgan fingerprint density at radius 1 is 1.79 bits per heavy atom. The van der Waals surface area contributed by atoms with Crippen LogP contribution in [0, 0.1) is 0 Å². The number of hydrogen-bond donors (Lipinski definition) is 0. The smallest absolute Gasteiger partial charge is 0.130 e. The molecule has 1 atom stereocenters. The zero-order valence-corrected chi connectivity index (χ0v) is 8.36. The van der Waals surface area contributed by atoms with Crippen molar-refractivity contribution >= 4 is 21.7 Å². The molecular weight excluding hydrogens is 240 g/mol. The molecule has 76 valence electrons. The molecule has 0 aromatic carbocycles. The molecule has 1 fully saturated rings.